The van der Waals surface area contributed by atoms with Crippen molar-refractivity contribution in [3.63, 3.8) is 0 Å². The van der Waals surface area contributed by atoms with E-state index in [1.54, 1.807) is 12.3 Å². The van der Waals surface area contributed by atoms with Crippen molar-refractivity contribution in [2.75, 3.05) is 51.2 Å². The van der Waals surface area contributed by atoms with E-state index in [0.29, 0.717) is 31.6 Å². The zero-order chi connectivity index (χ0) is 30.6. The van der Waals surface area contributed by atoms with Crippen molar-refractivity contribution in [2.45, 2.75) is 48.5 Å². The Morgan fingerprint density at radius 1 is 1.07 bits per heavy atom. The number of benzene rings is 2. The molecule has 1 saturated heterocycles. The molecule has 0 radical (unpaired) electrons. The van der Waals surface area contributed by atoms with Crippen LogP contribution in [0.3, 0.4) is 0 Å². The van der Waals surface area contributed by atoms with Crippen LogP contribution in [0.25, 0.3) is 0 Å². The van der Waals surface area contributed by atoms with Crippen molar-refractivity contribution >= 4 is 44.8 Å². The highest BCUT2D eigenvalue weighted by Crippen LogP contribution is 2.39. The van der Waals surface area contributed by atoms with Crippen LogP contribution in [-0.4, -0.2) is 82.1 Å². The molecule has 230 valence electrons. The van der Waals surface area contributed by atoms with Crippen molar-refractivity contribution in [1.82, 2.24) is 14.8 Å². The molecule has 2 aliphatic rings. The highest BCUT2D eigenvalue weighted by atomic mass is 35.5. The second-order valence-electron chi connectivity index (χ2n) is 11.7. The SMILES string of the molecule is CN(C)CCC1(c2cccnc2)CCN(C(=O)COCC2CCc3ccccc3N2S(=O)(=O)c2ccc(Cl)c(Cl)c2)CC1. The van der Waals surface area contributed by atoms with Gasteiger partial charge in [-0.25, -0.2) is 8.42 Å². The van der Waals surface area contributed by atoms with Crippen LogP contribution in [0.1, 0.15) is 36.8 Å². The van der Waals surface area contributed by atoms with Crippen molar-refractivity contribution < 1.29 is 17.9 Å². The van der Waals surface area contributed by atoms with Crippen LogP contribution in [0.2, 0.25) is 10.0 Å². The number of piperidine rings is 1. The van der Waals surface area contributed by atoms with Gasteiger partial charge in [-0.15, -0.1) is 0 Å². The minimum absolute atomic E-state index is 0.0227. The number of hydrogen-bond acceptors (Lipinski definition) is 6. The van der Waals surface area contributed by atoms with E-state index in [-0.39, 0.29) is 39.5 Å². The number of amides is 1. The smallest absolute Gasteiger partial charge is 0.264 e. The van der Waals surface area contributed by atoms with Gasteiger partial charge in [-0.1, -0.05) is 47.5 Å². The van der Waals surface area contributed by atoms with E-state index in [1.165, 1.54) is 28.1 Å². The van der Waals surface area contributed by atoms with Gasteiger partial charge in [0.1, 0.15) is 6.61 Å². The van der Waals surface area contributed by atoms with Crippen LogP contribution in [0, 0.1) is 0 Å². The fourth-order valence-corrected chi connectivity index (χ4v) is 8.25. The molecule has 1 fully saturated rings. The Bertz CT molecular complexity index is 1530. The third kappa shape index (κ3) is 7.02. The monoisotopic (exact) mass is 644 g/mol. The molecule has 43 heavy (non-hydrogen) atoms. The zero-order valence-corrected chi connectivity index (χ0v) is 26.9. The Labute approximate surface area is 264 Å². The normalized spacial score (nSPS) is 18.5. The lowest BCUT2D eigenvalue weighted by Gasteiger charge is -2.43. The first-order valence-corrected chi connectivity index (χ1v) is 16.8. The van der Waals surface area contributed by atoms with Gasteiger partial charge in [-0.3, -0.25) is 14.1 Å². The summed E-state index contributed by atoms with van der Waals surface area (Å²) in [5.74, 6) is -0.0810. The molecule has 1 amide bonds. The van der Waals surface area contributed by atoms with E-state index in [1.807, 2.05) is 35.4 Å². The van der Waals surface area contributed by atoms with Gasteiger partial charge in [0.05, 0.1) is 33.3 Å². The van der Waals surface area contributed by atoms with E-state index in [0.717, 1.165) is 31.4 Å². The lowest BCUT2D eigenvalue weighted by Crippen LogP contribution is -2.48. The van der Waals surface area contributed by atoms with Crippen LogP contribution in [-0.2, 0) is 31.4 Å². The molecular weight excluding hydrogens is 607 g/mol. The number of fused-ring (bicyclic) bond motifs is 1. The van der Waals surface area contributed by atoms with Gasteiger partial charge in [-0.05, 0) is 94.2 Å². The Morgan fingerprint density at radius 2 is 1.84 bits per heavy atom. The first kappa shape index (κ1) is 31.7. The highest BCUT2D eigenvalue weighted by molar-refractivity contribution is 7.92. The van der Waals surface area contributed by atoms with Gasteiger partial charge < -0.3 is 14.5 Å². The molecule has 3 heterocycles. The molecule has 1 aromatic heterocycles. The summed E-state index contributed by atoms with van der Waals surface area (Å²) in [6.07, 6.45) is 7.73. The minimum atomic E-state index is -3.98. The minimum Gasteiger partial charge on any atom is -0.369 e. The largest absolute Gasteiger partial charge is 0.369 e. The molecule has 0 saturated carbocycles. The molecule has 8 nitrogen and oxygen atoms in total. The van der Waals surface area contributed by atoms with Gasteiger partial charge in [-0.2, -0.15) is 0 Å². The molecule has 2 aliphatic heterocycles. The number of sulfonamides is 1. The van der Waals surface area contributed by atoms with Crippen LogP contribution in [0.15, 0.2) is 71.9 Å². The number of para-hydroxylation sites is 1. The maximum atomic E-state index is 13.9. The van der Waals surface area contributed by atoms with E-state index < -0.39 is 16.1 Å². The quantitative estimate of drug-likeness (QED) is 0.293. The molecule has 5 rings (SSSR count). The number of carbonyl (C=O) groups excluding carboxylic acids is 1. The van der Waals surface area contributed by atoms with Gasteiger partial charge >= 0.3 is 0 Å². The molecular formula is C32H38Cl2N4O4S. The second-order valence-corrected chi connectivity index (χ2v) is 14.3. The Kier molecular flexibility index (Phi) is 9.98. The van der Waals surface area contributed by atoms with Crippen molar-refractivity contribution in [1.29, 1.82) is 0 Å². The zero-order valence-electron chi connectivity index (χ0n) is 24.6. The number of ether oxygens (including phenoxy) is 1. The average Bonchev–Trinajstić information content (AvgIpc) is 3.01. The number of halogens is 2. The summed E-state index contributed by atoms with van der Waals surface area (Å²) in [4.78, 5) is 21.7. The molecule has 0 N–H and O–H groups in total. The average molecular weight is 646 g/mol. The van der Waals surface area contributed by atoms with Crippen molar-refractivity contribution in [2.24, 2.45) is 0 Å². The van der Waals surface area contributed by atoms with E-state index >= 15 is 0 Å². The summed E-state index contributed by atoms with van der Waals surface area (Å²) in [7, 11) is 0.177. The fourth-order valence-electron chi connectivity index (χ4n) is 6.16. The predicted molar refractivity (Wildman–Crippen MR) is 170 cm³/mol. The van der Waals surface area contributed by atoms with Gasteiger partial charge in [0.2, 0.25) is 5.91 Å². The topological polar surface area (TPSA) is 83.1 Å². The third-order valence-electron chi connectivity index (χ3n) is 8.68. The summed E-state index contributed by atoms with van der Waals surface area (Å²) in [6, 6.07) is 15.4. The summed E-state index contributed by atoms with van der Waals surface area (Å²) in [6.45, 7) is 2.23. The highest BCUT2D eigenvalue weighted by Gasteiger charge is 2.39. The number of rotatable bonds is 10. The van der Waals surface area contributed by atoms with Crippen molar-refractivity contribution in [3.8, 4) is 0 Å². The molecule has 1 atom stereocenters. The van der Waals surface area contributed by atoms with Crippen molar-refractivity contribution in [3.05, 3.63) is 88.2 Å². The van der Waals surface area contributed by atoms with E-state index in [4.69, 9.17) is 27.9 Å². The lowest BCUT2D eigenvalue weighted by molar-refractivity contribution is -0.138. The second kappa shape index (κ2) is 13.5. The maximum absolute atomic E-state index is 13.9. The van der Waals surface area contributed by atoms with Crippen LogP contribution in [0.5, 0.6) is 0 Å². The first-order valence-electron chi connectivity index (χ1n) is 14.6. The Morgan fingerprint density at radius 3 is 2.53 bits per heavy atom. The Balaban J connectivity index is 1.25. The summed E-state index contributed by atoms with van der Waals surface area (Å²) in [5, 5.41) is 0.452. The number of aryl methyl sites for hydroxylation is 1. The van der Waals surface area contributed by atoms with Crippen LogP contribution < -0.4 is 4.31 Å². The van der Waals surface area contributed by atoms with Gasteiger partial charge in [0.15, 0.2) is 0 Å². The third-order valence-corrected chi connectivity index (χ3v) is 11.3. The summed E-state index contributed by atoms with van der Waals surface area (Å²) >= 11 is 12.2. The van der Waals surface area contributed by atoms with E-state index in [2.05, 4.69) is 30.0 Å². The molecule has 1 unspecified atom stereocenters. The van der Waals surface area contributed by atoms with Gasteiger partial charge in [0, 0.05) is 30.9 Å². The number of pyridine rings is 1. The Hall–Kier alpha value is -2.69. The standard InChI is InChI=1S/C32H38Cl2N4O4S/c1-36(2)17-13-32(25-7-5-16-35-21-25)14-18-37(19-15-32)31(39)23-42-22-26-10-9-24-6-3-4-8-30(24)38(26)43(40,41)27-11-12-28(33)29(34)20-27/h3-8,11-12,16,20-21,26H,9-10,13-15,17-19,22-23H2,1-2H3. The van der Waals surface area contributed by atoms with Crippen LogP contribution in [0.4, 0.5) is 5.69 Å². The molecule has 0 bridgehead atoms. The number of aromatic nitrogens is 1. The first-order chi connectivity index (χ1) is 20.6. The fraction of sp³-hybridized carbons (Fsp3) is 0.438. The molecule has 3 aromatic rings. The predicted octanol–water partition coefficient (Wildman–Crippen LogP) is 5.43. The number of nitrogens with zero attached hydrogens (tertiary/aromatic N) is 4. The van der Waals surface area contributed by atoms with Crippen LogP contribution >= 0.6 is 23.2 Å². The molecule has 2 aromatic carbocycles. The molecule has 0 aliphatic carbocycles. The summed E-state index contributed by atoms with van der Waals surface area (Å²) in [5.41, 5.74) is 2.75. The maximum Gasteiger partial charge on any atom is 0.264 e. The molecule has 11 heteroatoms. The number of likely N-dealkylation sites (tertiary alicyclic amines) is 1. The van der Waals surface area contributed by atoms with Gasteiger partial charge in [0.25, 0.3) is 10.0 Å². The summed E-state index contributed by atoms with van der Waals surface area (Å²) < 4.78 is 35.2. The number of anilines is 1. The molecule has 0 spiro atoms. The van der Waals surface area contributed by atoms with E-state index in [9.17, 15) is 13.2 Å². The lowest BCUT2D eigenvalue weighted by atomic mass is 9.71. The number of carbonyl (C=O) groups is 1. The number of hydrogen-bond donors (Lipinski definition) is 0.